The molecule has 2 N–H and O–H groups in total. The highest BCUT2D eigenvalue weighted by Gasteiger charge is 2.26. The summed E-state index contributed by atoms with van der Waals surface area (Å²) in [6.07, 6.45) is 6.01. The van der Waals surface area contributed by atoms with Gasteiger partial charge in [0.1, 0.15) is 5.82 Å². The summed E-state index contributed by atoms with van der Waals surface area (Å²) in [7, 11) is 0. The van der Waals surface area contributed by atoms with Crippen molar-refractivity contribution in [2.75, 3.05) is 23.3 Å². The fourth-order valence-electron chi connectivity index (χ4n) is 6.28. The van der Waals surface area contributed by atoms with E-state index in [1.807, 2.05) is 43.7 Å². The lowest BCUT2D eigenvalue weighted by Gasteiger charge is -2.34. The average Bonchev–Trinajstić information content (AvgIpc) is 3.60. The summed E-state index contributed by atoms with van der Waals surface area (Å²) in [6.45, 7) is 11.2. The number of hydrogen-bond donors (Lipinski definition) is 2. The number of amides is 1. The van der Waals surface area contributed by atoms with Crippen LogP contribution in [0.15, 0.2) is 79.1 Å². The first-order chi connectivity index (χ1) is 21.1. The molecular formula is C36H40FN5O2. The van der Waals surface area contributed by atoms with E-state index in [2.05, 4.69) is 57.3 Å². The van der Waals surface area contributed by atoms with E-state index in [4.69, 9.17) is 0 Å². The number of fused-ring (bicyclic) bond motifs is 1. The number of aliphatic hydroxyl groups is 1. The summed E-state index contributed by atoms with van der Waals surface area (Å²) in [5.41, 5.74) is 6.63. The fraction of sp³-hybridized carbons (Fsp3) is 0.333. The van der Waals surface area contributed by atoms with Crippen molar-refractivity contribution in [2.45, 2.75) is 59.2 Å². The Bertz CT molecular complexity index is 1770. The van der Waals surface area contributed by atoms with E-state index in [0.717, 1.165) is 54.8 Å². The molecule has 0 aliphatic carbocycles. The molecule has 0 unspecified atom stereocenters. The second-order valence-electron chi connectivity index (χ2n) is 12.9. The van der Waals surface area contributed by atoms with Gasteiger partial charge in [-0.3, -0.25) is 9.48 Å². The highest BCUT2D eigenvalue weighted by Crippen LogP contribution is 2.32. The highest BCUT2D eigenvalue weighted by molar-refractivity contribution is 6.08. The summed E-state index contributed by atoms with van der Waals surface area (Å²) >= 11 is 0. The third kappa shape index (κ3) is 5.99. The second-order valence-corrected chi connectivity index (χ2v) is 12.9. The number of rotatable bonds is 7. The number of halogens is 1. The quantitative estimate of drug-likeness (QED) is 0.207. The van der Waals surface area contributed by atoms with E-state index in [1.54, 1.807) is 18.3 Å². The number of hydrogen-bond acceptors (Lipinski definition) is 4. The van der Waals surface area contributed by atoms with Crippen LogP contribution in [0, 0.1) is 18.7 Å². The molecule has 1 aliphatic heterocycles. The van der Waals surface area contributed by atoms with Crippen molar-refractivity contribution < 1.29 is 14.3 Å². The lowest BCUT2D eigenvalue weighted by atomic mass is 9.96. The molecule has 44 heavy (non-hydrogen) atoms. The molecule has 1 aliphatic rings. The SMILES string of the molecule is Cc1cn(CC2CCN(c3ccc(CO)cc3)CC2)c2cc(NC(=O)c3cnn(C(C)(C)C)c3-c3ccc(F)cc3)ccc12. The predicted octanol–water partition coefficient (Wildman–Crippen LogP) is 7.37. The molecule has 0 spiro atoms. The van der Waals surface area contributed by atoms with Crippen LogP contribution < -0.4 is 10.2 Å². The molecule has 0 atom stereocenters. The van der Waals surface area contributed by atoms with Crippen molar-refractivity contribution in [1.29, 1.82) is 0 Å². The molecule has 5 aromatic rings. The maximum absolute atomic E-state index is 13.7. The molecule has 0 bridgehead atoms. The Hall–Kier alpha value is -4.43. The number of carbonyl (C=O) groups excluding carboxylic acids is 1. The van der Waals surface area contributed by atoms with Crippen molar-refractivity contribution >= 4 is 28.2 Å². The van der Waals surface area contributed by atoms with Gasteiger partial charge in [0.15, 0.2) is 0 Å². The van der Waals surface area contributed by atoms with E-state index in [-0.39, 0.29) is 23.9 Å². The smallest absolute Gasteiger partial charge is 0.259 e. The van der Waals surface area contributed by atoms with Crippen molar-refractivity contribution in [3.05, 3.63) is 102 Å². The molecule has 1 fully saturated rings. The first-order valence-electron chi connectivity index (χ1n) is 15.3. The van der Waals surface area contributed by atoms with Crippen LogP contribution in [-0.2, 0) is 18.7 Å². The van der Waals surface area contributed by atoms with Crippen molar-refractivity contribution in [1.82, 2.24) is 14.3 Å². The van der Waals surface area contributed by atoms with E-state index in [9.17, 15) is 14.3 Å². The van der Waals surface area contributed by atoms with Crippen molar-refractivity contribution in [3.8, 4) is 11.3 Å². The summed E-state index contributed by atoms with van der Waals surface area (Å²) < 4.78 is 17.9. The van der Waals surface area contributed by atoms with Crippen LogP contribution in [0.4, 0.5) is 15.8 Å². The number of aryl methyl sites for hydroxylation is 1. The van der Waals surface area contributed by atoms with Gasteiger partial charge in [-0.05, 0) is 106 Å². The lowest BCUT2D eigenvalue weighted by Crippen LogP contribution is -2.34. The van der Waals surface area contributed by atoms with Crippen LogP contribution in [0.25, 0.3) is 22.2 Å². The zero-order valence-corrected chi connectivity index (χ0v) is 25.8. The number of nitrogens with zero attached hydrogens (tertiary/aromatic N) is 4. The van der Waals surface area contributed by atoms with Gasteiger partial charge in [-0.1, -0.05) is 18.2 Å². The standard InChI is InChI=1S/C36H40FN5O2/c1-24-21-41(22-25-15-17-40(18-16-25)30-12-5-26(23-43)6-13-30)33-19-29(11-14-31(24)33)39-35(44)32-20-38-42(36(2,3)4)34(32)27-7-9-28(37)10-8-27/h5-14,19-21,25,43H,15-18,22-23H2,1-4H3,(H,39,44). The average molecular weight is 594 g/mol. The van der Waals surface area contributed by atoms with Crippen LogP contribution >= 0.6 is 0 Å². The molecule has 3 heterocycles. The number of aliphatic hydroxyl groups excluding tert-OH is 1. The van der Waals surface area contributed by atoms with Crippen molar-refractivity contribution in [3.63, 3.8) is 0 Å². The van der Waals surface area contributed by atoms with Gasteiger partial charge in [0.2, 0.25) is 0 Å². The molecule has 2 aromatic heterocycles. The Balaban J connectivity index is 1.20. The Morgan fingerprint density at radius 2 is 1.73 bits per heavy atom. The van der Waals surface area contributed by atoms with E-state index >= 15 is 0 Å². The minimum Gasteiger partial charge on any atom is -0.392 e. The minimum absolute atomic E-state index is 0.0664. The van der Waals surface area contributed by atoms with Gasteiger partial charge in [-0.25, -0.2) is 4.39 Å². The molecule has 1 saturated heterocycles. The van der Waals surface area contributed by atoms with E-state index in [1.165, 1.54) is 28.8 Å². The Morgan fingerprint density at radius 3 is 2.39 bits per heavy atom. The fourth-order valence-corrected chi connectivity index (χ4v) is 6.28. The van der Waals surface area contributed by atoms with Gasteiger partial charge in [0, 0.05) is 48.2 Å². The van der Waals surface area contributed by atoms with Gasteiger partial charge in [-0.2, -0.15) is 5.10 Å². The Labute approximate surface area is 257 Å². The van der Waals surface area contributed by atoms with E-state index in [0.29, 0.717) is 17.2 Å². The molecule has 8 heteroatoms. The number of nitrogens with one attached hydrogen (secondary N) is 1. The molecule has 228 valence electrons. The molecular weight excluding hydrogens is 553 g/mol. The van der Waals surface area contributed by atoms with Gasteiger partial charge in [0.25, 0.3) is 5.91 Å². The number of anilines is 2. The molecule has 1 amide bonds. The highest BCUT2D eigenvalue weighted by atomic mass is 19.1. The molecule has 7 nitrogen and oxygen atoms in total. The van der Waals surface area contributed by atoms with Crippen LogP contribution in [0.1, 0.15) is 55.1 Å². The first-order valence-corrected chi connectivity index (χ1v) is 15.3. The van der Waals surface area contributed by atoms with Gasteiger partial charge >= 0.3 is 0 Å². The van der Waals surface area contributed by atoms with Gasteiger partial charge < -0.3 is 19.9 Å². The molecule has 0 saturated carbocycles. The van der Waals surface area contributed by atoms with Crippen LogP contribution in [0.2, 0.25) is 0 Å². The van der Waals surface area contributed by atoms with Gasteiger partial charge in [0.05, 0.1) is 35.1 Å². The lowest BCUT2D eigenvalue weighted by molar-refractivity contribution is 0.102. The largest absolute Gasteiger partial charge is 0.392 e. The van der Waals surface area contributed by atoms with Crippen molar-refractivity contribution in [2.24, 2.45) is 5.92 Å². The zero-order valence-electron chi connectivity index (χ0n) is 25.8. The van der Waals surface area contributed by atoms with Gasteiger partial charge in [-0.15, -0.1) is 0 Å². The number of carbonyl (C=O) groups is 1. The van der Waals surface area contributed by atoms with Crippen LogP contribution in [0.5, 0.6) is 0 Å². The summed E-state index contributed by atoms with van der Waals surface area (Å²) in [4.78, 5) is 16.1. The molecule has 0 radical (unpaired) electrons. The number of benzene rings is 3. The third-order valence-electron chi connectivity index (χ3n) is 8.66. The monoisotopic (exact) mass is 593 g/mol. The predicted molar refractivity (Wildman–Crippen MR) is 175 cm³/mol. The normalized spacial score (nSPS) is 14.4. The number of piperidine rings is 1. The Morgan fingerprint density at radius 1 is 1.02 bits per heavy atom. The van der Waals surface area contributed by atoms with Crippen LogP contribution in [-0.4, -0.2) is 38.5 Å². The first kappa shape index (κ1) is 29.6. The minimum atomic E-state index is -0.375. The topological polar surface area (TPSA) is 75.3 Å². The maximum atomic E-state index is 13.7. The zero-order chi connectivity index (χ0) is 31.0. The second kappa shape index (κ2) is 11.9. The molecule has 3 aromatic carbocycles. The molecule has 6 rings (SSSR count). The summed E-state index contributed by atoms with van der Waals surface area (Å²) in [5.74, 6) is -0.0293. The maximum Gasteiger partial charge on any atom is 0.259 e. The summed E-state index contributed by atoms with van der Waals surface area (Å²) in [6, 6.07) is 20.4. The number of aromatic nitrogens is 3. The van der Waals surface area contributed by atoms with E-state index < -0.39 is 0 Å². The summed E-state index contributed by atoms with van der Waals surface area (Å²) in [5, 5.41) is 18.2. The van der Waals surface area contributed by atoms with Crippen LogP contribution in [0.3, 0.4) is 0 Å². The Kier molecular flexibility index (Phi) is 8.03. The third-order valence-corrected chi connectivity index (χ3v) is 8.66.